The van der Waals surface area contributed by atoms with Gasteiger partial charge in [-0.05, 0) is 19.4 Å². The van der Waals surface area contributed by atoms with Crippen LogP contribution in [-0.2, 0) is 13.0 Å². The molecule has 2 aliphatic rings. The van der Waals surface area contributed by atoms with Crippen LogP contribution in [0.25, 0.3) is 0 Å². The molecule has 0 saturated carbocycles. The average molecular weight is 246 g/mol. The zero-order chi connectivity index (χ0) is 12.6. The summed E-state index contributed by atoms with van der Waals surface area (Å²) >= 11 is 0. The molecule has 1 fully saturated rings. The molecular weight excluding hydrogens is 224 g/mol. The Bertz CT molecular complexity index is 436. The van der Waals surface area contributed by atoms with Crippen LogP contribution in [0.1, 0.15) is 25.0 Å². The third-order valence-electron chi connectivity index (χ3n) is 3.78. The first-order valence-electron chi connectivity index (χ1n) is 6.87. The molecule has 2 aliphatic heterocycles. The molecular formula is C15H22N2O. The summed E-state index contributed by atoms with van der Waals surface area (Å²) in [5, 5.41) is 3.39. The summed E-state index contributed by atoms with van der Waals surface area (Å²) in [7, 11) is 0. The number of para-hydroxylation sites is 1. The summed E-state index contributed by atoms with van der Waals surface area (Å²) in [6, 6.07) is 6.58. The maximum absolute atomic E-state index is 6.12. The number of rotatable bonds is 2. The van der Waals surface area contributed by atoms with Crippen LogP contribution in [0.4, 0.5) is 0 Å². The van der Waals surface area contributed by atoms with E-state index < -0.39 is 0 Å². The monoisotopic (exact) mass is 246 g/mol. The lowest BCUT2D eigenvalue weighted by Crippen LogP contribution is -2.42. The van der Waals surface area contributed by atoms with Gasteiger partial charge in [0.1, 0.15) is 11.4 Å². The van der Waals surface area contributed by atoms with Crippen molar-refractivity contribution in [2.75, 3.05) is 26.2 Å². The van der Waals surface area contributed by atoms with Crippen molar-refractivity contribution in [3.8, 4) is 5.75 Å². The van der Waals surface area contributed by atoms with Gasteiger partial charge in [0.15, 0.2) is 0 Å². The van der Waals surface area contributed by atoms with E-state index in [-0.39, 0.29) is 5.60 Å². The minimum absolute atomic E-state index is 0.0398. The fraction of sp³-hybridized carbons (Fsp3) is 0.600. The normalized spacial score (nSPS) is 22.6. The third-order valence-corrected chi connectivity index (χ3v) is 3.78. The van der Waals surface area contributed by atoms with Crippen LogP contribution in [0, 0.1) is 0 Å². The van der Waals surface area contributed by atoms with Gasteiger partial charge in [-0.25, -0.2) is 0 Å². The second kappa shape index (κ2) is 4.56. The topological polar surface area (TPSA) is 24.5 Å². The summed E-state index contributed by atoms with van der Waals surface area (Å²) in [6.45, 7) is 9.81. The van der Waals surface area contributed by atoms with Gasteiger partial charge in [-0.1, -0.05) is 18.2 Å². The van der Waals surface area contributed by atoms with Crippen molar-refractivity contribution in [2.45, 2.75) is 32.4 Å². The Kier molecular flexibility index (Phi) is 3.04. The van der Waals surface area contributed by atoms with Gasteiger partial charge in [-0.3, -0.25) is 4.90 Å². The van der Waals surface area contributed by atoms with Crippen molar-refractivity contribution in [3.63, 3.8) is 0 Å². The van der Waals surface area contributed by atoms with E-state index in [9.17, 15) is 0 Å². The second-order valence-electron chi connectivity index (χ2n) is 5.97. The fourth-order valence-electron chi connectivity index (χ4n) is 2.91. The van der Waals surface area contributed by atoms with Crippen LogP contribution in [0.5, 0.6) is 5.75 Å². The Labute approximate surface area is 109 Å². The highest BCUT2D eigenvalue weighted by atomic mass is 16.5. The lowest BCUT2D eigenvalue weighted by Gasteiger charge is -2.28. The molecule has 0 aromatic heterocycles. The molecule has 0 atom stereocenters. The molecule has 0 spiro atoms. The van der Waals surface area contributed by atoms with Gasteiger partial charge in [0.25, 0.3) is 0 Å². The highest BCUT2D eigenvalue weighted by Crippen LogP contribution is 2.37. The zero-order valence-corrected chi connectivity index (χ0v) is 11.3. The molecule has 3 nitrogen and oxygen atoms in total. The van der Waals surface area contributed by atoms with E-state index in [4.69, 9.17) is 4.74 Å². The third kappa shape index (κ3) is 2.38. The molecule has 0 radical (unpaired) electrons. The highest BCUT2D eigenvalue weighted by Gasteiger charge is 2.31. The summed E-state index contributed by atoms with van der Waals surface area (Å²) in [4.78, 5) is 2.50. The van der Waals surface area contributed by atoms with Gasteiger partial charge in [-0.15, -0.1) is 0 Å². The minimum Gasteiger partial charge on any atom is -0.487 e. The van der Waals surface area contributed by atoms with Crippen LogP contribution < -0.4 is 10.1 Å². The van der Waals surface area contributed by atoms with E-state index in [2.05, 4.69) is 42.3 Å². The Hall–Kier alpha value is -1.06. The molecule has 98 valence electrons. The maximum atomic E-state index is 6.12. The number of nitrogens with zero attached hydrogens (tertiary/aromatic N) is 1. The van der Waals surface area contributed by atoms with Gasteiger partial charge in [0, 0.05) is 44.7 Å². The van der Waals surface area contributed by atoms with Crippen molar-refractivity contribution < 1.29 is 4.74 Å². The summed E-state index contributed by atoms with van der Waals surface area (Å²) in [5.74, 6) is 1.14. The molecule has 0 amide bonds. The van der Waals surface area contributed by atoms with Gasteiger partial charge in [0.2, 0.25) is 0 Å². The van der Waals surface area contributed by atoms with Crippen LogP contribution in [0.3, 0.4) is 0 Å². The molecule has 3 rings (SSSR count). The van der Waals surface area contributed by atoms with E-state index in [1.807, 2.05) is 0 Å². The van der Waals surface area contributed by atoms with Crippen molar-refractivity contribution >= 4 is 0 Å². The summed E-state index contributed by atoms with van der Waals surface area (Å²) in [5.41, 5.74) is 2.68. The van der Waals surface area contributed by atoms with Crippen molar-refractivity contribution in [3.05, 3.63) is 29.3 Å². The van der Waals surface area contributed by atoms with Crippen molar-refractivity contribution in [1.29, 1.82) is 0 Å². The first-order valence-corrected chi connectivity index (χ1v) is 6.87. The van der Waals surface area contributed by atoms with E-state index >= 15 is 0 Å². The number of nitrogens with one attached hydrogen (secondary N) is 1. The molecule has 18 heavy (non-hydrogen) atoms. The average Bonchev–Trinajstić information content (AvgIpc) is 2.66. The Morgan fingerprint density at radius 1 is 1.28 bits per heavy atom. The van der Waals surface area contributed by atoms with Crippen LogP contribution >= 0.6 is 0 Å². The Balaban J connectivity index is 1.79. The van der Waals surface area contributed by atoms with Gasteiger partial charge >= 0.3 is 0 Å². The minimum atomic E-state index is -0.0398. The highest BCUT2D eigenvalue weighted by molar-refractivity contribution is 5.45. The molecule has 1 saturated heterocycles. The van der Waals surface area contributed by atoms with Gasteiger partial charge < -0.3 is 10.1 Å². The van der Waals surface area contributed by atoms with E-state index in [0.29, 0.717) is 0 Å². The zero-order valence-electron chi connectivity index (χ0n) is 11.3. The number of hydrogen-bond acceptors (Lipinski definition) is 3. The molecule has 1 N–H and O–H groups in total. The van der Waals surface area contributed by atoms with E-state index in [1.54, 1.807) is 0 Å². The fourth-order valence-corrected chi connectivity index (χ4v) is 2.91. The number of ether oxygens (including phenoxy) is 1. The van der Waals surface area contributed by atoms with Gasteiger partial charge in [-0.2, -0.15) is 0 Å². The summed E-state index contributed by atoms with van der Waals surface area (Å²) < 4.78 is 6.12. The molecule has 3 heteroatoms. The Morgan fingerprint density at radius 3 is 2.83 bits per heavy atom. The number of hydrogen-bond donors (Lipinski definition) is 1. The van der Waals surface area contributed by atoms with E-state index in [1.165, 1.54) is 11.1 Å². The van der Waals surface area contributed by atoms with Crippen LogP contribution in [0.2, 0.25) is 0 Å². The predicted octanol–water partition coefficient (Wildman–Crippen LogP) is 1.81. The quantitative estimate of drug-likeness (QED) is 0.861. The second-order valence-corrected chi connectivity index (χ2v) is 5.97. The standard InChI is InChI=1S/C15H22N2O/c1-15(2)10-12-4-3-5-13(14(12)18-15)11-17-8-6-16-7-9-17/h3-5,16H,6-11H2,1-2H3. The van der Waals surface area contributed by atoms with Crippen LogP contribution in [-0.4, -0.2) is 36.7 Å². The first kappa shape index (κ1) is 12.0. The number of piperazine rings is 1. The lowest BCUT2D eigenvalue weighted by molar-refractivity contribution is 0.134. The van der Waals surface area contributed by atoms with E-state index in [0.717, 1.165) is 44.9 Å². The molecule has 0 bridgehead atoms. The number of benzene rings is 1. The molecule has 0 aliphatic carbocycles. The molecule has 2 heterocycles. The predicted molar refractivity (Wildman–Crippen MR) is 73.0 cm³/mol. The van der Waals surface area contributed by atoms with Crippen LogP contribution in [0.15, 0.2) is 18.2 Å². The van der Waals surface area contributed by atoms with Crippen molar-refractivity contribution in [1.82, 2.24) is 10.2 Å². The first-order chi connectivity index (χ1) is 8.64. The maximum Gasteiger partial charge on any atom is 0.127 e. The molecule has 1 aromatic rings. The lowest BCUT2D eigenvalue weighted by atomic mass is 10.0. The van der Waals surface area contributed by atoms with Gasteiger partial charge in [0.05, 0.1) is 0 Å². The molecule has 1 aromatic carbocycles. The SMILES string of the molecule is CC1(C)Cc2cccc(CN3CCNCC3)c2O1. The Morgan fingerprint density at radius 2 is 2.06 bits per heavy atom. The number of fused-ring (bicyclic) bond motifs is 1. The summed E-state index contributed by atoms with van der Waals surface area (Å²) in [6.07, 6.45) is 1.03. The smallest absolute Gasteiger partial charge is 0.127 e. The molecule has 0 unspecified atom stereocenters. The largest absolute Gasteiger partial charge is 0.487 e. The van der Waals surface area contributed by atoms with Crippen molar-refractivity contribution in [2.24, 2.45) is 0 Å².